The number of aromatic nitrogens is 1. The maximum atomic E-state index is 12.4. The molecule has 0 aliphatic heterocycles. The van der Waals surface area contributed by atoms with Gasteiger partial charge in [0.15, 0.2) is 11.4 Å². The fraction of sp³-hybridized carbons (Fsp3) is 0.238. The predicted octanol–water partition coefficient (Wildman–Crippen LogP) is 4.90. The molecule has 7 heteroatoms. The maximum Gasteiger partial charge on any atom is 0.350 e. The molecule has 1 aromatic heterocycles. The van der Waals surface area contributed by atoms with Crippen LogP contribution in [-0.2, 0) is 16.1 Å². The first kappa shape index (κ1) is 19.8. The first-order valence-electron chi connectivity index (χ1n) is 8.59. The molecule has 0 fully saturated rings. The molecule has 0 amide bonds. The van der Waals surface area contributed by atoms with Crippen molar-refractivity contribution in [3.63, 3.8) is 0 Å². The van der Waals surface area contributed by atoms with Gasteiger partial charge in [-0.15, -0.1) is 0 Å². The lowest BCUT2D eigenvalue weighted by atomic mass is 10.1. The average molecular weight is 402 g/mol. The summed E-state index contributed by atoms with van der Waals surface area (Å²) in [6.07, 6.45) is 0. The van der Waals surface area contributed by atoms with Crippen molar-refractivity contribution in [2.24, 2.45) is 0 Å². The van der Waals surface area contributed by atoms with E-state index < -0.39 is 11.6 Å². The summed E-state index contributed by atoms with van der Waals surface area (Å²) in [6, 6.07) is 15.9. The molecule has 0 unspecified atom stereocenters. The van der Waals surface area contributed by atoms with Crippen LogP contribution in [-0.4, -0.2) is 23.8 Å². The zero-order valence-corrected chi connectivity index (χ0v) is 16.5. The first-order valence-corrected chi connectivity index (χ1v) is 8.97. The van der Waals surface area contributed by atoms with E-state index in [0.717, 1.165) is 5.56 Å². The Hall–Kier alpha value is -2.99. The topological polar surface area (TPSA) is 70.8 Å². The normalized spacial score (nSPS) is 11.1. The van der Waals surface area contributed by atoms with Crippen LogP contribution in [0.1, 0.15) is 19.5 Å². The van der Waals surface area contributed by atoms with Crippen LogP contribution < -0.4 is 9.47 Å². The summed E-state index contributed by atoms with van der Waals surface area (Å²) < 4.78 is 21.6. The van der Waals surface area contributed by atoms with Crippen LogP contribution in [0.5, 0.6) is 11.5 Å². The van der Waals surface area contributed by atoms with Crippen LogP contribution in [0.3, 0.4) is 0 Å². The average Bonchev–Trinajstić information content (AvgIpc) is 3.17. The van der Waals surface area contributed by atoms with Gasteiger partial charge in [-0.25, -0.2) is 4.79 Å². The van der Waals surface area contributed by atoms with Crippen molar-refractivity contribution in [1.29, 1.82) is 0 Å². The van der Waals surface area contributed by atoms with Crippen LogP contribution in [0, 0.1) is 0 Å². The van der Waals surface area contributed by atoms with Crippen molar-refractivity contribution in [3.8, 4) is 22.8 Å². The second-order valence-electron chi connectivity index (χ2n) is 6.56. The Morgan fingerprint density at radius 2 is 1.86 bits per heavy atom. The fourth-order valence-electron chi connectivity index (χ4n) is 2.44. The lowest BCUT2D eigenvalue weighted by Crippen LogP contribution is -2.39. The molecule has 0 spiro atoms. The molecule has 3 aromatic rings. The molecule has 6 nitrogen and oxygen atoms in total. The molecule has 0 N–H and O–H groups in total. The first-order chi connectivity index (χ1) is 13.4. The van der Waals surface area contributed by atoms with Crippen molar-refractivity contribution in [3.05, 3.63) is 65.3 Å². The highest BCUT2D eigenvalue weighted by Crippen LogP contribution is 2.25. The van der Waals surface area contributed by atoms with Crippen molar-refractivity contribution in [2.75, 3.05) is 7.11 Å². The third-order valence-corrected chi connectivity index (χ3v) is 4.19. The quantitative estimate of drug-likeness (QED) is 0.524. The summed E-state index contributed by atoms with van der Waals surface area (Å²) in [6.45, 7) is 3.24. The number of ether oxygens (including phenoxy) is 3. The molecule has 0 aliphatic carbocycles. The van der Waals surface area contributed by atoms with Gasteiger partial charge in [0.05, 0.1) is 7.11 Å². The molecule has 2 aromatic carbocycles. The highest BCUT2D eigenvalue weighted by Gasteiger charge is 2.32. The van der Waals surface area contributed by atoms with Crippen LogP contribution in [0.4, 0.5) is 0 Å². The number of hydrogen-bond donors (Lipinski definition) is 0. The number of benzene rings is 2. The fourth-order valence-corrected chi connectivity index (χ4v) is 2.57. The molecule has 146 valence electrons. The summed E-state index contributed by atoms with van der Waals surface area (Å²) in [7, 11) is 1.60. The second-order valence-corrected chi connectivity index (χ2v) is 6.99. The molecule has 3 rings (SSSR count). The Bertz CT molecular complexity index is 949. The minimum atomic E-state index is -1.17. The minimum Gasteiger partial charge on any atom is -0.497 e. The van der Waals surface area contributed by atoms with Crippen molar-refractivity contribution < 1.29 is 23.5 Å². The Morgan fingerprint density at radius 1 is 1.11 bits per heavy atom. The van der Waals surface area contributed by atoms with Gasteiger partial charge in [-0.2, -0.15) is 0 Å². The Morgan fingerprint density at radius 3 is 2.57 bits per heavy atom. The standard InChI is InChI=1S/C21H20ClNO5/c1-21(2,27-17-9-7-15(22)8-10-17)20(24)26-13-16-12-19(28-23-16)14-5-4-6-18(11-14)25-3/h4-12H,13H2,1-3H3. The zero-order chi connectivity index (χ0) is 20.1. The smallest absolute Gasteiger partial charge is 0.350 e. The van der Waals surface area contributed by atoms with E-state index >= 15 is 0 Å². The largest absolute Gasteiger partial charge is 0.497 e. The van der Waals surface area contributed by atoms with Crippen molar-refractivity contribution in [1.82, 2.24) is 5.16 Å². The number of rotatable bonds is 7. The minimum absolute atomic E-state index is 0.0281. The molecule has 28 heavy (non-hydrogen) atoms. The number of halogens is 1. The number of methoxy groups -OCH3 is 1. The van der Waals surface area contributed by atoms with Crippen molar-refractivity contribution >= 4 is 17.6 Å². The van der Waals surface area contributed by atoms with Gasteiger partial charge >= 0.3 is 5.97 Å². The summed E-state index contributed by atoms with van der Waals surface area (Å²) in [5.74, 6) is 1.27. The van der Waals surface area contributed by atoms with Gasteiger partial charge in [0.2, 0.25) is 0 Å². The van der Waals surface area contributed by atoms with E-state index in [2.05, 4.69) is 5.16 Å². The van der Waals surface area contributed by atoms with E-state index in [0.29, 0.717) is 28.0 Å². The van der Waals surface area contributed by atoms with Crippen LogP contribution in [0.2, 0.25) is 5.02 Å². The van der Waals surface area contributed by atoms with E-state index in [-0.39, 0.29) is 6.61 Å². The number of hydrogen-bond acceptors (Lipinski definition) is 6. The molecular weight excluding hydrogens is 382 g/mol. The second kappa shape index (κ2) is 8.35. The lowest BCUT2D eigenvalue weighted by Gasteiger charge is -2.24. The predicted molar refractivity (Wildman–Crippen MR) is 104 cm³/mol. The van der Waals surface area contributed by atoms with Gasteiger partial charge in [0.25, 0.3) is 0 Å². The van der Waals surface area contributed by atoms with E-state index in [4.69, 9.17) is 30.3 Å². The SMILES string of the molecule is COc1cccc(-c2cc(COC(=O)C(C)(C)Oc3ccc(Cl)cc3)no2)c1. The van der Waals surface area contributed by atoms with Gasteiger partial charge in [-0.1, -0.05) is 28.9 Å². The molecule has 0 saturated heterocycles. The van der Waals surface area contributed by atoms with E-state index in [9.17, 15) is 4.79 Å². The lowest BCUT2D eigenvalue weighted by molar-refractivity contribution is -0.160. The zero-order valence-electron chi connectivity index (χ0n) is 15.8. The maximum absolute atomic E-state index is 12.4. The monoisotopic (exact) mass is 401 g/mol. The van der Waals surface area contributed by atoms with Gasteiger partial charge in [-0.05, 0) is 50.2 Å². The molecule has 0 bridgehead atoms. The van der Waals surface area contributed by atoms with E-state index in [1.807, 2.05) is 24.3 Å². The molecule has 0 saturated carbocycles. The van der Waals surface area contributed by atoms with Gasteiger partial charge in [-0.3, -0.25) is 0 Å². The third-order valence-electron chi connectivity index (χ3n) is 3.94. The van der Waals surface area contributed by atoms with Crippen LogP contribution >= 0.6 is 11.6 Å². The van der Waals surface area contributed by atoms with E-state index in [1.54, 1.807) is 51.3 Å². The number of nitrogens with zero attached hydrogens (tertiary/aromatic N) is 1. The van der Waals surface area contributed by atoms with Crippen molar-refractivity contribution in [2.45, 2.75) is 26.1 Å². The van der Waals surface area contributed by atoms with Crippen LogP contribution in [0.25, 0.3) is 11.3 Å². The Kier molecular flexibility index (Phi) is 5.90. The summed E-state index contributed by atoms with van der Waals surface area (Å²) in [5, 5.41) is 4.54. The number of carbonyl (C=O) groups excluding carboxylic acids is 1. The molecule has 1 heterocycles. The van der Waals surface area contributed by atoms with Crippen LogP contribution in [0.15, 0.2) is 59.1 Å². The van der Waals surface area contributed by atoms with Gasteiger partial charge < -0.3 is 18.7 Å². The highest BCUT2D eigenvalue weighted by molar-refractivity contribution is 6.30. The van der Waals surface area contributed by atoms with Gasteiger partial charge in [0, 0.05) is 16.7 Å². The summed E-state index contributed by atoms with van der Waals surface area (Å²) in [5.41, 5.74) is 0.136. The molecule has 0 radical (unpaired) electrons. The third kappa shape index (κ3) is 4.84. The summed E-state index contributed by atoms with van der Waals surface area (Å²) >= 11 is 5.86. The molecule has 0 atom stereocenters. The molecular formula is C21H20ClNO5. The number of carbonyl (C=O) groups is 1. The Balaban J connectivity index is 1.61. The highest BCUT2D eigenvalue weighted by atomic mass is 35.5. The number of esters is 1. The van der Waals surface area contributed by atoms with Gasteiger partial charge in [0.1, 0.15) is 23.8 Å². The Labute approximate surface area is 168 Å². The van der Waals surface area contributed by atoms with E-state index in [1.165, 1.54) is 0 Å². The summed E-state index contributed by atoms with van der Waals surface area (Å²) in [4.78, 5) is 12.4. The molecule has 0 aliphatic rings.